The zero-order valence-corrected chi connectivity index (χ0v) is 14.4. The zero-order chi connectivity index (χ0) is 17.9. The number of carbonyl (C=O) groups is 1. The monoisotopic (exact) mass is 353 g/mol. The first-order valence-electron chi connectivity index (χ1n) is 8.76. The average molecular weight is 353 g/mol. The molecule has 0 radical (unpaired) electrons. The molecule has 3 heterocycles. The normalized spacial score (nSPS) is 16.2. The van der Waals surface area contributed by atoms with Gasteiger partial charge < -0.3 is 18.8 Å². The van der Waals surface area contributed by atoms with Gasteiger partial charge in [-0.1, -0.05) is 0 Å². The number of morpholine rings is 1. The van der Waals surface area contributed by atoms with Crippen molar-refractivity contribution >= 4 is 5.91 Å². The summed E-state index contributed by atoms with van der Waals surface area (Å²) in [4.78, 5) is 18.6. The Hall–Kier alpha value is -2.85. The molecule has 134 valence electrons. The molecule has 0 unspecified atom stereocenters. The molecule has 1 aliphatic carbocycles. The number of hydrogen-bond donors (Lipinski definition) is 0. The number of pyridine rings is 1. The SMILES string of the molecule is N#Cc1c(OCC(=O)N2CCOCC2)nc(-c2ccco2)c2c1CCC2. The second-order valence-electron chi connectivity index (χ2n) is 6.32. The largest absolute Gasteiger partial charge is 0.467 e. The molecule has 4 rings (SSSR count). The minimum Gasteiger partial charge on any atom is -0.467 e. The van der Waals surface area contributed by atoms with Crippen molar-refractivity contribution in [2.75, 3.05) is 32.9 Å². The predicted octanol–water partition coefficient (Wildman–Crippen LogP) is 1.94. The predicted molar refractivity (Wildman–Crippen MR) is 91.6 cm³/mol. The molecule has 0 saturated carbocycles. The van der Waals surface area contributed by atoms with Crippen LogP contribution in [-0.2, 0) is 22.4 Å². The molecule has 1 aliphatic heterocycles. The first-order chi connectivity index (χ1) is 12.8. The number of rotatable bonds is 4. The molecule has 2 aromatic rings. The Morgan fingerprint density at radius 1 is 1.31 bits per heavy atom. The Morgan fingerprint density at radius 3 is 2.85 bits per heavy atom. The number of nitriles is 1. The highest BCUT2D eigenvalue weighted by atomic mass is 16.5. The lowest BCUT2D eigenvalue weighted by Gasteiger charge is -2.26. The van der Waals surface area contributed by atoms with E-state index in [0.717, 1.165) is 30.4 Å². The van der Waals surface area contributed by atoms with Crippen LogP contribution in [0.3, 0.4) is 0 Å². The molecule has 1 amide bonds. The summed E-state index contributed by atoms with van der Waals surface area (Å²) >= 11 is 0. The van der Waals surface area contributed by atoms with E-state index in [9.17, 15) is 10.1 Å². The minimum absolute atomic E-state index is 0.126. The molecule has 0 N–H and O–H groups in total. The van der Waals surface area contributed by atoms with Crippen LogP contribution < -0.4 is 4.74 Å². The number of fused-ring (bicyclic) bond motifs is 1. The van der Waals surface area contributed by atoms with Crippen molar-refractivity contribution in [3.8, 4) is 23.4 Å². The van der Waals surface area contributed by atoms with E-state index in [-0.39, 0.29) is 18.4 Å². The molecule has 0 aromatic carbocycles. The van der Waals surface area contributed by atoms with Crippen LogP contribution in [0.15, 0.2) is 22.8 Å². The summed E-state index contributed by atoms with van der Waals surface area (Å²) < 4.78 is 16.5. The van der Waals surface area contributed by atoms with E-state index in [1.165, 1.54) is 0 Å². The summed E-state index contributed by atoms with van der Waals surface area (Å²) in [7, 11) is 0. The Balaban J connectivity index is 1.62. The van der Waals surface area contributed by atoms with Crippen molar-refractivity contribution in [1.29, 1.82) is 5.26 Å². The van der Waals surface area contributed by atoms with Gasteiger partial charge in [-0.05, 0) is 42.5 Å². The lowest BCUT2D eigenvalue weighted by molar-refractivity contribution is -0.137. The summed E-state index contributed by atoms with van der Waals surface area (Å²) in [6.07, 6.45) is 4.23. The van der Waals surface area contributed by atoms with Crippen LogP contribution in [0.25, 0.3) is 11.5 Å². The van der Waals surface area contributed by atoms with Crippen LogP contribution in [0.2, 0.25) is 0 Å². The quantitative estimate of drug-likeness (QED) is 0.835. The number of carbonyl (C=O) groups excluding carboxylic acids is 1. The molecule has 1 saturated heterocycles. The van der Waals surface area contributed by atoms with E-state index < -0.39 is 0 Å². The van der Waals surface area contributed by atoms with Gasteiger partial charge in [0.2, 0.25) is 5.88 Å². The average Bonchev–Trinajstić information content (AvgIpc) is 3.37. The fourth-order valence-electron chi connectivity index (χ4n) is 3.51. The fraction of sp³-hybridized carbons (Fsp3) is 0.421. The second kappa shape index (κ2) is 7.18. The summed E-state index contributed by atoms with van der Waals surface area (Å²) in [5, 5.41) is 9.61. The molecule has 0 bridgehead atoms. The maximum Gasteiger partial charge on any atom is 0.260 e. The third-order valence-corrected chi connectivity index (χ3v) is 4.80. The Bertz CT molecular complexity index is 849. The standard InChI is InChI=1S/C19H19N3O4/c20-11-15-13-3-1-4-14(13)18(16-5-2-8-25-16)21-19(15)26-12-17(23)22-6-9-24-10-7-22/h2,5,8H,1,3-4,6-7,9-10,12H2. The number of hydrogen-bond acceptors (Lipinski definition) is 6. The molecule has 7 nitrogen and oxygen atoms in total. The van der Waals surface area contributed by atoms with Gasteiger partial charge in [0.25, 0.3) is 5.91 Å². The summed E-state index contributed by atoms with van der Waals surface area (Å²) in [5.74, 6) is 0.734. The molecular formula is C19H19N3O4. The molecule has 2 aromatic heterocycles. The Morgan fingerprint density at radius 2 is 2.12 bits per heavy atom. The van der Waals surface area contributed by atoms with Gasteiger partial charge >= 0.3 is 0 Å². The van der Waals surface area contributed by atoms with Gasteiger partial charge in [0, 0.05) is 13.1 Å². The molecule has 26 heavy (non-hydrogen) atoms. The van der Waals surface area contributed by atoms with Crippen LogP contribution in [0.4, 0.5) is 0 Å². The van der Waals surface area contributed by atoms with Gasteiger partial charge in [-0.15, -0.1) is 0 Å². The first kappa shape index (κ1) is 16.6. The number of ether oxygens (including phenoxy) is 2. The smallest absolute Gasteiger partial charge is 0.260 e. The van der Waals surface area contributed by atoms with Crippen molar-refractivity contribution in [3.05, 3.63) is 35.1 Å². The van der Waals surface area contributed by atoms with Crippen LogP contribution in [0.5, 0.6) is 5.88 Å². The highest BCUT2D eigenvalue weighted by Crippen LogP contribution is 2.37. The lowest BCUT2D eigenvalue weighted by atomic mass is 10.0. The van der Waals surface area contributed by atoms with Crippen molar-refractivity contribution in [2.45, 2.75) is 19.3 Å². The molecule has 0 atom stereocenters. The second-order valence-corrected chi connectivity index (χ2v) is 6.32. The van der Waals surface area contributed by atoms with Crippen LogP contribution >= 0.6 is 0 Å². The van der Waals surface area contributed by atoms with Crippen molar-refractivity contribution < 1.29 is 18.7 Å². The minimum atomic E-state index is -0.141. The third kappa shape index (κ3) is 3.04. The molecule has 1 fully saturated rings. The summed E-state index contributed by atoms with van der Waals surface area (Å²) in [5.41, 5.74) is 3.14. The highest BCUT2D eigenvalue weighted by Gasteiger charge is 2.27. The number of amides is 1. The lowest BCUT2D eigenvalue weighted by Crippen LogP contribution is -2.43. The topological polar surface area (TPSA) is 88.6 Å². The van der Waals surface area contributed by atoms with E-state index in [4.69, 9.17) is 13.9 Å². The van der Waals surface area contributed by atoms with E-state index in [0.29, 0.717) is 43.3 Å². The van der Waals surface area contributed by atoms with Crippen molar-refractivity contribution in [3.63, 3.8) is 0 Å². The van der Waals surface area contributed by atoms with Crippen LogP contribution in [0, 0.1) is 11.3 Å². The van der Waals surface area contributed by atoms with Gasteiger partial charge in [-0.3, -0.25) is 4.79 Å². The maximum atomic E-state index is 12.3. The zero-order valence-electron chi connectivity index (χ0n) is 14.4. The van der Waals surface area contributed by atoms with E-state index in [1.807, 2.05) is 6.07 Å². The van der Waals surface area contributed by atoms with Gasteiger partial charge in [-0.25, -0.2) is 4.98 Å². The number of furan rings is 1. The summed E-state index contributed by atoms with van der Waals surface area (Å²) in [6, 6.07) is 5.86. The molecule has 0 spiro atoms. The molecule has 7 heteroatoms. The van der Waals surface area contributed by atoms with E-state index in [1.54, 1.807) is 17.2 Å². The Kier molecular flexibility index (Phi) is 4.59. The highest BCUT2D eigenvalue weighted by molar-refractivity contribution is 5.78. The molecular weight excluding hydrogens is 334 g/mol. The van der Waals surface area contributed by atoms with E-state index in [2.05, 4.69) is 11.1 Å². The number of nitrogens with zero attached hydrogens (tertiary/aromatic N) is 3. The van der Waals surface area contributed by atoms with Gasteiger partial charge in [0.15, 0.2) is 12.4 Å². The molecule has 2 aliphatic rings. The first-order valence-corrected chi connectivity index (χ1v) is 8.76. The van der Waals surface area contributed by atoms with Gasteiger partial charge in [0.1, 0.15) is 17.3 Å². The fourth-order valence-corrected chi connectivity index (χ4v) is 3.51. The van der Waals surface area contributed by atoms with Crippen LogP contribution in [0.1, 0.15) is 23.1 Å². The summed E-state index contributed by atoms with van der Waals surface area (Å²) in [6.45, 7) is 2.05. The van der Waals surface area contributed by atoms with Gasteiger partial charge in [0.05, 0.1) is 19.5 Å². The van der Waals surface area contributed by atoms with Crippen LogP contribution in [-0.4, -0.2) is 48.7 Å². The van der Waals surface area contributed by atoms with Crippen molar-refractivity contribution in [2.24, 2.45) is 0 Å². The maximum absolute atomic E-state index is 12.3. The third-order valence-electron chi connectivity index (χ3n) is 4.80. The Labute approximate surface area is 151 Å². The van der Waals surface area contributed by atoms with Gasteiger partial charge in [-0.2, -0.15) is 5.26 Å². The number of aromatic nitrogens is 1. The van der Waals surface area contributed by atoms with E-state index >= 15 is 0 Å². The van der Waals surface area contributed by atoms with Crippen molar-refractivity contribution in [1.82, 2.24) is 9.88 Å².